The molecule has 0 radical (unpaired) electrons. The van der Waals surface area contributed by atoms with Crippen LogP contribution in [0.2, 0.25) is 5.02 Å². The molecule has 7 heteroatoms. The lowest BCUT2D eigenvalue weighted by Crippen LogP contribution is -3.06. The van der Waals surface area contributed by atoms with E-state index in [0.29, 0.717) is 28.4 Å². The zero-order chi connectivity index (χ0) is 19.7. The lowest BCUT2D eigenvalue weighted by molar-refractivity contribution is -0.858. The number of hydrogen-bond acceptors (Lipinski definition) is 4. The molecule has 0 saturated heterocycles. The third kappa shape index (κ3) is 3.44. The van der Waals surface area contributed by atoms with Gasteiger partial charge in [0.05, 0.1) is 38.7 Å². The first-order chi connectivity index (χ1) is 12.8. The van der Waals surface area contributed by atoms with E-state index in [1.807, 2.05) is 27.1 Å². The quantitative estimate of drug-likeness (QED) is 0.827. The topological polar surface area (TPSA) is 85.5 Å². The summed E-state index contributed by atoms with van der Waals surface area (Å²) >= 11 is 6.39. The highest BCUT2D eigenvalue weighted by molar-refractivity contribution is 6.31. The van der Waals surface area contributed by atoms with E-state index in [4.69, 9.17) is 22.1 Å². The Hall–Kier alpha value is -2.75. The van der Waals surface area contributed by atoms with Crippen molar-refractivity contribution >= 4 is 11.6 Å². The highest BCUT2D eigenvalue weighted by Crippen LogP contribution is 2.42. The van der Waals surface area contributed by atoms with E-state index < -0.39 is 5.92 Å². The van der Waals surface area contributed by atoms with Gasteiger partial charge in [-0.05, 0) is 18.6 Å². The summed E-state index contributed by atoms with van der Waals surface area (Å²) in [6.07, 6.45) is 0. The molecule has 0 amide bonds. The van der Waals surface area contributed by atoms with Gasteiger partial charge in [0, 0.05) is 16.8 Å². The summed E-state index contributed by atoms with van der Waals surface area (Å²) in [6.45, 7) is 3.22. The van der Waals surface area contributed by atoms with E-state index in [0.717, 1.165) is 12.2 Å². The number of ether oxygens (including phenoxy) is 1. The molecule has 2 aromatic rings. The van der Waals surface area contributed by atoms with Crippen LogP contribution in [0.15, 0.2) is 46.6 Å². The van der Waals surface area contributed by atoms with Gasteiger partial charge < -0.3 is 19.9 Å². The number of allylic oxidation sites excluding steroid dienone is 1. The first-order valence-corrected chi connectivity index (χ1v) is 9.08. The third-order valence-electron chi connectivity index (χ3n) is 4.74. The van der Waals surface area contributed by atoms with E-state index in [1.165, 1.54) is 4.90 Å². The van der Waals surface area contributed by atoms with Crippen molar-refractivity contribution in [3.05, 3.63) is 74.0 Å². The van der Waals surface area contributed by atoms with Gasteiger partial charge in [0.25, 0.3) is 5.56 Å². The average Bonchev–Trinajstić information content (AvgIpc) is 2.60. The molecular formula is C20H22ClN4O2+. The number of nitrogens with zero attached hydrogens (tertiary/aromatic N) is 2. The van der Waals surface area contributed by atoms with Crippen LogP contribution in [0.25, 0.3) is 0 Å². The number of nitrogens with two attached hydrogens (primary N) is 1. The number of nitriles is 1. The fourth-order valence-electron chi connectivity index (χ4n) is 3.32. The Labute approximate surface area is 163 Å². The van der Waals surface area contributed by atoms with Crippen molar-refractivity contribution in [3.63, 3.8) is 0 Å². The first kappa shape index (κ1) is 19.0. The van der Waals surface area contributed by atoms with E-state index in [1.54, 1.807) is 28.8 Å². The monoisotopic (exact) mass is 385 g/mol. The number of pyridine rings is 1. The largest absolute Gasteiger partial charge is 0.440 e. The van der Waals surface area contributed by atoms with Crippen LogP contribution in [-0.4, -0.2) is 25.2 Å². The second-order valence-electron chi connectivity index (χ2n) is 6.92. The van der Waals surface area contributed by atoms with Gasteiger partial charge in [0.15, 0.2) is 0 Å². The van der Waals surface area contributed by atoms with Gasteiger partial charge in [-0.2, -0.15) is 5.26 Å². The number of benzene rings is 1. The Bertz CT molecular complexity index is 1020. The molecule has 3 N–H and O–H groups in total. The van der Waals surface area contributed by atoms with Crippen molar-refractivity contribution in [2.24, 2.45) is 5.73 Å². The third-order valence-corrected chi connectivity index (χ3v) is 5.09. The summed E-state index contributed by atoms with van der Waals surface area (Å²) in [6, 6.07) is 11.1. The number of rotatable bonds is 4. The van der Waals surface area contributed by atoms with Crippen LogP contribution in [-0.2, 0) is 6.54 Å². The van der Waals surface area contributed by atoms with E-state index >= 15 is 0 Å². The molecule has 1 aromatic carbocycles. The number of hydrogen-bond donors (Lipinski definition) is 2. The summed E-state index contributed by atoms with van der Waals surface area (Å²) in [7, 11) is 4.07. The Morgan fingerprint density at radius 3 is 2.70 bits per heavy atom. The molecule has 0 saturated carbocycles. The van der Waals surface area contributed by atoms with Gasteiger partial charge >= 0.3 is 0 Å². The predicted molar refractivity (Wildman–Crippen MR) is 104 cm³/mol. The van der Waals surface area contributed by atoms with Crippen LogP contribution in [0.4, 0.5) is 0 Å². The fraction of sp³-hybridized carbons (Fsp3) is 0.300. The Balaban J connectivity index is 2.26. The molecule has 140 valence electrons. The summed E-state index contributed by atoms with van der Waals surface area (Å²) < 4.78 is 7.36. The number of nitrogens with one attached hydrogen (secondary N) is 1. The Morgan fingerprint density at radius 1 is 1.37 bits per heavy atom. The number of fused-ring (bicyclic) bond motifs is 1. The minimum absolute atomic E-state index is 0.00389. The maximum Gasteiger partial charge on any atom is 0.258 e. The van der Waals surface area contributed by atoms with Crippen molar-refractivity contribution in [1.82, 2.24) is 4.57 Å². The van der Waals surface area contributed by atoms with Gasteiger partial charge in [-0.1, -0.05) is 29.8 Å². The smallest absolute Gasteiger partial charge is 0.258 e. The number of likely N-dealkylation sites (N-methyl/N-ethyl adjacent to an activating group) is 1. The molecule has 0 bridgehead atoms. The van der Waals surface area contributed by atoms with Crippen molar-refractivity contribution in [2.45, 2.75) is 19.4 Å². The molecule has 0 spiro atoms. The maximum absolute atomic E-state index is 13.4. The van der Waals surface area contributed by atoms with E-state index in [2.05, 4.69) is 6.07 Å². The number of aromatic nitrogens is 1. The Kier molecular flexibility index (Phi) is 5.26. The molecule has 2 heterocycles. The normalized spacial score (nSPS) is 16.1. The molecule has 0 fully saturated rings. The van der Waals surface area contributed by atoms with Crippen LogP contribution in [0, 0.1) is 18.3 Å². The zero-order valence-corrected chi connectivity index (χ0v) is 16.3. The van der Waals surface area contributed by atoms with Crippen molar-refractivity contribution in [2.75, 3.05) is 20.6 Å². The van der Waals surface area contributed by atoms with Crippen molar-refractivity contribution in [1.29, 1.82) is 5.26 Å². The van der Waals surface area contributed by atoms with Crippen molar-refractivity contribution < 1.29 is 9.64 Å². The van der Waals surface area contributed by atoms with Gasteiger partial charge in [0.1, 0.15) is 17.4 Å². The van der Waals surface area contributed by atoms with Gasteiger partial charge in [-0.25, -0.2) is 0 Å². The fourth-order valence-corrected chi connectivity index (χ4v) is 3.56. The molecule has 1 aromatic heterocycles. The number of quaternary nitrogens is 1. The summed E-state index contributed by atoms with van der Waals surface area (Å²) in [5, 5.41) is 10.1. The molecule has 0 aliphatic carbocycles. The van der Waals surface area contributed by atoms with E-state index in [-0.39, 0.29) is 17.0 Å². The summed E-state index contributed by atoms with van der Waals surface area (Å²) in [4.78, 5) is 14.6. The molecule has 1 aliphatic heterocycles. The molecular weight excluding hydrogens is 364 g/mol. The van der Waals surface area contributed by atoms with Gasteiger partial charge in [0.2, 0.25) is 5.88 Å². The van der Waals surface area contributed by atoms with Gasteiger partial charge in [-0.15, -0.1) is 0 Å². The predicted octanol–water partition coefficient (Wildman–Crippen LogP) is 1.17. The standard InChI is InChI=1S/C20H21ClN4O2/c1-12-10-16-18(20(26)25(12)9-8-24(2)3)17(14(11-22)19(23)27-16)13-6-4-5-7-15(13)21/h4-7,10,17H,8-9,23H2,1-3H3/p+1/t17-/m1/s1. The molecule has 1 atom stereocenters. The van der Waals surface area contributed by atoms with Crippen LogP contribution in [0.1, 0.15) is 22.7 Å². The molecule has 1 aliphatic rings. The molecule has 0 unspecified atom stereocenters. The lowest BCUT2D eigenvalue weighted by atomic mass is 9.84. The second-order valence-corrected chi connectivity index (χ2v) is 7.33. The number of aryl methyl sites for hydroxylation is 1. The summed E-state index contributed by atoms with van der Waals surface area (Å²) in [5.41, 5.74) is 7.85. The summed E-state index contributed by atoms with van der Waals surface area (Å²) in [5.74, 6) is -0.268. The molecule has 3 rings (SSSR count). The Morgan fingerprint density at radius 2 is 2.07 bits per heavy atom. The molecule has 6 nitrogen and oxygen atoms in total. The first-order valence-electron chi connectivity index (χ1n) is 8.70. The van der Waals surface area contributed by atoms with Gasteiger partial charge in [-0.3, -0.25) is 4.79 Å². The SMILES string of the molecule is Cc1cc2c(c(=O)n1CC[NH+](C)C)[C@H](c1ccccc1Cl)C(C#N)=C(N)O2. The van der Waals surface area contributed by atoms with Crippen LogP contribution < -0.4 is 20.9 Å². The second kappa shape index (κ2) is 7.47. The van der Waals surface area contributed by atoms with Crippen molar-refractivity contribution in [3.8, 4) is 11.8 Å². The minimum atomic E-state index is -0.654. The van der Waals surface area contributed by atoms with Crippen LogP contribution >= 0.6 is 11.6 Å². The highest BCUT2D eigenvalue weighted by Gasteiger charge is 2.35. The number of halogens is 1. The van der Waals surface area contributed by atoms with E-state index in [9.17, 15) is 10.1 Å². The minimum Gasteiger partial charge on any atom is -0.440 e. The average molecular weight is 386 g/mol. The molecule has 27 heavy (non-hydrogen) atoms. The highest BCUT2D eigenvalue weighted by atomic mass is 35.5. The van der Waals surface area contributed by atoms with Crippen LogP contribution in [0.3, 0.4) is 0 Å². The lowest BCUT2D eigenvalue weighted by Gasteiger charge is -2.27. The zero-order valence-electron chi connectivity index (χ0n) is 15.5. The maximum atomic E-state index is 13.4. The van der Waals surface area contributed by atoms with Crippen LogP contribution in [0.5, 0.6) is 5.75 Å².